The first-order valence-electron chi connectivity index (χ1n) is 13.2. The second kappa shape index (κ2) is 12.7. The van der Waals surface area contributed by atoms with Crippen LogP contribution in [0.2, 0.25) is 0 Å². The standard InChI is InChI=1S/C32H31NO5S/c1-4-11-23(12-5-1)19-34-22-26-28(35-20-24-13-6-2-7-14-24)29(36-21-25-15-8-3-9-16-25)30-32(37-26)33-31(38-30)27-17-10-18-39-27/h1-18,26,28-30,32H,19-22H2/t26-,28-,29+,30-,32+/m1/s1. The maximum absolute atomic E-state index is 6.59. The van der Waals surface area contributed by atoms with Crippen LogP contribution in [0.5, 0.6) is 0 Å². The van der Waals surface area contributed by atoms with Gasteiger partial charge >= 0.3 is 0 Å². The van der Waals surface area contributed by atoms with Crippen LogP contribution < -0.4 is 0 Å². The molecular weight excluding hydrogens is 510 g/mol. The van der Waals surface area contributed by atoms with Crippen LogP contribution >= 0.6 is 11.3 Å². The number of nitrogens with zero attached hydrogens (tertiary/aromatic N) is 1. The molecule has 0 aliphatic carbocycles. The molecule has 0 amide bonds. The van der Waals surface area contributed by atoms with E-state index in [-0.39, 0.29) is 0 Å². The molecule has 7 heteroatoms. The van der Waals surface area contributed by atoms with Crippen molar-refractivity contribution in [2.24, 2.45) is 4.99 Å². The van der Waals surface area contributed by atoms with Crippen molar-refractivity contribution in [1.29, 1.82) is 0 Å². The van der Waals surface area contributed by atoms with Gasteiger partial charge in [0.15, 0.2) is 12.3 Å². The van der Waals surface area contributed by atoms with Crippen LogP contribution in [0.15, 0.2) is 114 Å². The minimum atomic E-state index is -0.509. The molecule has 4 aromatic rings. The molecule has 2 aliphatic heterocycles. The number of hydrogen-bond donors (Lipinski definition) is 0. The summed E-state index contributed by atoms with van der Waals surface area (Å²) < 4.78 is 32.2. The number of benzene rings is 3. The van der Waals surface area contributed by atoms with Crippen LogP contribution in [0, 0.1) is 0 Å². The zero-order valence-corrected chi connectivity index (χ0v) is 22.3. The van der Waals surface area contributed by atoms with Crippen molar-refractivity contribution >= 4 is 17.2 Å². The normalized spacial score (nSPS) is 24.1. The van der Waals surface area contributed by atoms with Gasteiger partial charge < -0.3 is 23.7 Å². The Morgan fingerprint density at radius 3 is 1.85 bits per heavy atom. The molecule has 2 aliphatic rings. The van der Waals surface area contributed by atoms with Gasteiger partial charge in [0.1, 0.15) is 18.3 Å². The third-order valence-electron chi connectivity index (χ3n) is 6.80. The lowest BCUT2D eigenvalue weighted by molar-refractivity contribution is -0.249. The lowest BCUT2D eigenvalue weighted by atomic mass is 9.97. The Morgan fingerprint density at radius 1 is 0.667 bits per heavy atom. The highest BCUT2D eigenvalue weighted by Crippen LogP contribution is 2.35. The molecule has 5 atom stereocenters. The summed E-state index contributed by atoms with van der Waals surface area (Å²) in [6.45, 7) is 1.67. The Bertz CT molecular complexity index is 1320. The van der Waals surface area contributed by atoms with Gasteiger partial charge in [0.25, 0.3) is 0 Å². The van der Waals surface area contributed by atoms with E-state index in [2.05, 4.69) is 36.4 Å². The van der Waals surface area contributed by atoms with Gasteiger partial charge in [-0.1, -0.05) is 97.1 Å². The molecule has 39 heavy (non-hydrogen) atoms. The SMILES string of the molecule is c1ccc(COC[C@H]2O[C@@H]3N=C(c4cccs4)O[C@@H]3[C@@H](OCc3ccccc3)[C@@H]2OCc2ccccc2)cc1. The third kappa shape index (κ3) is 6.46. The van der Waals surface area contributed by atoms with Crippen molar-refractivity contribution in [2.75, 3.05) is 6.61 Å². The highest BCUT2D eigenvalue weighted by Gasteiger charge is 2.52. The predicted octanol–water partition coefficient (Wildman–Crippen LogP) is 6.01. The second-order valence-corrected chi connectivity index (χ2v) is 10.5. The van der Waals surface area contributed by atoms with Crippen molar-refractivity contribution < 1.29 is 23.7 Å². The number of fused-ring (bicyclic) bond motifs is 1. The summed E-state index contributed by atoms with van der Waals surface area (Å²) >= 11 is 1.59. The Morgan fingerprint density at radius 2 is 1.26 bits per heavy atom. The summed E-state index contributed by atoms with van der Waals surface area (Å²) in [5.41, 5.74) is 3.26. The lowest BCUT2D eigenvalue weighted by Gasteiger charge is -2.42. The number of thiophene rings is 1. The largest absolute Gasteiger partial charge is 0.466 e. The molecule has 6 nitrogen and oxygen atoms in total. The fourth-order valence-corrected chi connectivity index (χ4v) is 5.51. The summed E-state index contributed by atoms with van der Waals surface area (Å²) in [7, 11) is 0. The van der Waals surface area contributed by atoms with Gasteiger partial charge in [-0.05, 0) is 28.1 Å². The number of ether oxygens (including phenoxy) is 5. The van der Waals surface area contributed by atoms with Crippen LogP contribution in [0.4, 0.5) is 0 Å². The molecule has 0 N–H and O–H groups in total. The highest BCUT2D eigenvalue weighted by molar-refractivity contribution is 7.12. The van der Waals surface area contributed by atoms with E-state index in [0.717, 1.165) is 21.6 Å². The third-order valence-corrected chi connectivity index (χ3v) is 7.66. The van der Waals surface area contributed by atoms with Gasteiger partial charge in [-0.25, -0.2) is 4.99 Å². The van der Waals surface area contributed by atoms with E-state index in [0.29, 0.717) is 32.3 Å². The molecule has 1 fully saturated rings. The first-order chi connectivity index (χ1) is 19.3. The average Bonchev–Trinajstić information content (AvgIpc) is 3.67. The fourth-order valence-electron chi connectivity index (χ4n) is 4.85. The van der Waals surface area contributed by atoms with Gasteiger partial charge in [0.2, 0.25) is 5.90 Å². The van der Waals surface area contributed by atoms with E-state index in [1.807, 2.05) is 72.1 Å². The molecule has 1 saturated heterocycles. The molecule has 200 valence electrons. The highest BCUT2D eigenvalue weighted by atomic mass is 32.1. The molecular formula is C32H31NO5S. The van der Waals surface area contributed by atoms with Gasteiger partial charge in [-0.2, -0.15) is 0 Å². The molecule has 0 spiro atoms. The van der Waals surface area contributed by atoms with E-state index in [1.54, 1.807) is 11.3 Å². The number of hydrogen-bond acceptors (Lipinski definition) is 7. The van der Waals surface area contributed by atoms with Crippen LogP contribution in [-0.2, 0) is 43.5 Å². The Balaban J connectivity index is 1.25. The van der Waals surface area contributed by atoms with Crippen molar-refractivity contribution in [3.8, 4) is 0 Å². The zero-order chi connectivity index (χ0) is 26.3. The molecule has 3 heterocycles. The maximum Gasteiger partial charge on any atom is 0.229 e. The van der Waals surface area contributed by atoms with Crippen molar-refractivity contribution in [3.05, 3.63) is 130 Å². The molecule has 3 aromatic carbocycles. The first kappa shape index (κ1) is 25.9. The summed E-state index contributed by atoms with van der Waals surface area (Å²) in [5, 5.41) is 2.01. The second-order valence-electron chi connectivity index (χ2n) is 9.58. The monoisotopic (exact) mass is 541 g/mol. The Hall–Kier alpha value is -3.33. The first-order valence-corrected chi connectivity index (χ1v) is 14.1. The number of aliphatic imine (C=N–C) groups is 1. The van der Waals surface area contributed by atoms with Crippen LogP contribution in [0.3, 0.4) is 0 Å². The topological polar surface area (TPSA) is 58.5 Å². The number of rotatable bonds is 11. The van der Waals surface area contributed by atoms with E-state index >= 15 is 0 Å². The molecule has 0 bridgehead atoms. The smallest absolute Gasteiger partial charge is 0.229 e. The van der Waals surface area contributed by atoms with Gasteiger partial charge in [-0.15, -0.1) is 11.3 Å². The molecule has 0 unspecified atom stereocenters. The van der Waals surface area contributed by atoms with E-state index in [1.165, 1.54) is 0 Å². The maximum atomic E-state index is 6.59. The quantitative estimate of drug-likeness (QED) is 0.233. The van der Waals surface area contributed by atoms with Crippen molar-refractivity contribution in [1.82, 2.24) is 0 Å². The Kier molecular flexibility index (Phi) is 8.43. The summed E-state index contributed by atoms with van der Waals surface area (Å²) in [6.07, 6.45) is -2.18. The predicted molar refractivity (Wildman–Crippen MR) is 151 cm³/mol. The van der Waals surface area contributed by atoms with Gasteiger partial charge in [0.05, 0.1) is 31.3 Å². The summed E-state index contributed by atoms with van der Waals surface area (Å²) in [6, 6.07) is 34.4. The average molecular weight is 542 g/mol. The lowest BCUT2D eigenvalue weighted by Crippen LogP contribution is -2.59. The molecule has 0 radical (unpaired) electrons. The van der Waals surface area contributed by atoms with Gasteiger partial charge in [0, 0.05) is 0 Å². The molecule has 6 rings (SSSR count). The van der Waals surface area contributed by atoms with Crippen molar-refractivity contribution in [2.45, 2.75) is 50.5 Å². The van der Waals surface area contributed by atoms with E-state index in [4.69, 9.17) is 28.7 Å². The minimum Gasteiger partial charge on any atom is -0.466 e. The summed E-state index contributed by atoms with van der Waals surface area (Å²) in [5.74, 6) is 0.584. The van der Waals surface area contributed by atoms with E-state index < -0.39 is 30.6 Å². The van der Waals surface area contributed by atoms with Crippen LogP contribution in [-0.4, -0.2) is 43.1 Å². The molecule has 0 saturated carbocycles. The van der Waals surface area contributed by atoms with Crippen LogP contribution in [0.25, 0.3) is 0 Å². The molecule has 1 aromatic heterocycles. The van der Waals surface area contributed by atoms with E-state index in [9.17, 15) is 0 Å². The zero-order valence-electron chi connectivity index (χ0n) is 21.5. The van der Waals surface area contributed by atoms with Crippen molar-refractivity contribution in [3.63, 3.8) is 0 Å². The fraction of sp³-hybridized carbons (Fsp3) is 0.281. The van der Waals surface area contributed by atoms with Gasteiger partial charge in [-0.3, -0.25) is 0 Å². The Labute approximate surface area is 232 Å². The summed E-state index contributed by atoms with van der Waals surface area (Å²) in [4.78, 5) is 5.78. The van der Waals surface area contributed by atoms with Crippen LogP contribution in [0.1, 0.15) is 21.6 Å². The minimum absolute atomic E-state index is 0.340.